The van der Waals surface area contributed by atoms with Gasteiger partial charge in [-0.05, 0) is 23.6 Å². The number of nitro groups is 1. The zero-order valence-corrected chi connectivity index (χ0v) is 8.33. The number of para-hydroxylation sites is 1. The molecule has 0 spiro atoms. The van der Waals surface area contributed by atoms with Gasteiger partial charge < -0.3 is 0 Å². The minimum Gasteiger partial charge on any atom is -0.258 e. The molecule has 3 nitrogen and oxygen atoms in total. The van der Waals surface area contributed by atoms with Crippen molar-refractivity contribution < 1.29 is 9.31 Å². The Balaban J connectivity index is 2.66. The van der Waals surface area contributed by atoms with E-state index < -0.39 is 16.4 Å². The molecule has 0 N–H and O–H groups in total. The highest BCUT2D eigenvalue weighted by Crippen LogP contribution is 2.34. The molecule has 0 amide bonds. The number of halogens is 1. The molecule has 1 aromatic heterocycles. The van der Waals surface area contributed by atoms with Crippen molar-refractivity contribution in [3.05, 3.63) is 51.6 Å². The van der Waals surface area contributed by atoms with Gasteiger partial charge in [-0.3, -0.25) is 10.1 Å². The van der Waals surface area contributed by atoms with Crippen LogP contribution < -0.4 is 0 Å². The Morgan fingerprint density at radius 1 is 1.27 bits per heavy atom. The predicted octanol–water partition coefficient (Wildman–Crippen LogP) is 3.46. The van der Waals surface area contributed by atoms with E-state index >= 15 is 0 Å². The number of rotatable bonds is 2. The number of nitro benzene ring substituents is 1. The average Bonchev–Trinajstić information content (AvgIpc) is 2.69. The van der Waals surface area contributed by atoms with Gasteiger partial charge in [0.2, 0.25) is 5.82 Å². The summed E-state index contributed by atoms with van der Waals surface area (Å²) in [6.45, 7) is 0. The zero-order valence-electron chi connectivity index (χ0n) is 7.51. The van der Waals surface area contributed by atoms with Crippen LogP contribution in [0.1, 0.15) is 0 Å². The Kier molecular flexibility index (Phi) is 2.47. The SMILES string of the molecule is O=[N+]([O-])c1c(F)cccc1-c1cccs1. The summed E-state index contributed by atoms with van der Waals surface area (Å²) in [4.78, 5) is 10.7. The summed E-state index contributed by atoms with van der Waals surface area (Å²) < 4.78 is 13.3. The Hall–Kier alpha value is -1.75. The van der Waals surface area contributed by atoms with Gasteiger partial charge >= 0.3 is 5.69 Å². The highest BCUT2D eigenvalue weighted by molar-refractivity contribution is 7.13. The number of hydrogen-bond acceptors (Lipinski definition) is 3. The minimum atomic E-state index is -0.800. The van der Waals surface area contributed by atoms with Crippen LogP contribution in [0.3, 0.4) is 0 Å². The van der Waals surface area contributed by atoms with Gasteiger partial charge in [-0.15, -0.1) is 11.3 Å². The lowest BCUT2D eigenvalue weighted by molar-refractivity contribution is -0.386. The lowest BCUT2D eigenvalue weighted by Gasteiger charge is -2.00. The van der Waals surface area contributed by atoms with Crippen LogP contribution in [-0.2, 0) is 0 Å². The van der Waals surface area contributed by atoms with Crippen LogP contribution >= 0.6 is 11.3 Å². The monoisotopic (exact) mass is 223 g/mol. The molecule has 15 heavy (non-hydrogen) atoms. The van der Waals surface area contributed by atoms with E-state index in [1.165, 1.54) is 17.4 Å². The molecule has 1 heterocycles. The summed E-state index contributed by atoms with van der Waals surface area (Å²) in [6.07, 6.45) is 0. The minimum absolute atomic E-state index is 0.329. The van der Waals surface area contributed by atoms with E-state index in [9.17, 15) is 14.5 Å². The molecule has 2 aromatic rings. The van der Waals surface area contributed by atoms with Crippen LogP contribution in [0, 0.1) is 15.9 Å². The van der Waals surface area contributed by atoms with Gasteiger partial charge in [0.25, 0.3) is 0 Å². The van der Waals surface area contributed by atoms with Crippen molar-refractivity contribution in [1.82, 2.24) is 0 Å². The van der Waals surface area contributed by atoms with E-state index in [0.717, 1.165) is 6.07 Å². The second kappa shape index (κ2) is 3.78. The molecule has 5 heteroatoms. The van der Waals surface area contributed by atoms with Crippen LogP contribution in [0.15, 0.2) is 35.7 Å². The van der Waals surface area contributed by atoms with E-state index in [1.807, 2.05) is 0 Å². The first-order chi connectivity index (χ1) is 7.20. The first kappa shape index (κ1) is 9.79. The smallest absolute Gasteiger partial charge is 0.258 e. The summed E-state index contributed by atoms with van der Waals surface area (Å²) >= 11 is 1.35. The van der Waals surface area contributed by atoms with Crippen molar-refractivity contribution in [2.75, 3.05) is 0 Å². The molecule has 0 aliphatic carbocycles. The van der Waals surface area contributed by atoms with Crippen LogP contribution in [0.4, 0.5) is 10.1 Å². The van der Waals surface area contributed by atoms with Crippen LogP contribution in [0.25, 0.3) is 10.4 Å². The van der Waals surface area contributed by atoms with E-state index in [4.69, 9.17) is 0 Å². The molecular formula is C10H6FNO2S. The summed E-state index contributed by atoms with van der Waals surface area (Å²) in [5, 5.41) is 12.5. The Morgan fingerprint density at radius 2 is 2.07 bits per heavy atom. The quantitative estimate of drug-likeness (QED) is 0.578. The number of hydrogen-bond donors (Lipinski definition) is 0. The Morgan fingerprint density at radius 3 is 2.67 bits per heavy atom. The Bertz CT molecular complexity index is 496. The Labute approximate surface area is 88.9 Å². The van der Waals surface area contributed by atoms with Crippen LogP contribution in [0.2, 0.25) is 0 Å². The molecule has 76 valence electrons. The number of nitrogens with zero attached hydrogens (tertiary/aromatic N) is 1. The van der Waals surface area contributed by atoms with Crippen LogP contribution in [-0.4, -0.2) is 4.92 Å². The maximum atomic E-state index is 13.3. The van der Waals surface area contributed by atoms with Gasteiger partial charge in [0.15, 0.2) is 0 Å². The summed E-state index contributed by atoms with van der Waals surface area (Å²) in [5.74, 6) is -0.800. The largest absolute Gasteiger partial charge is 0.313 e. The third kappa shape index (κ3) is 1.73. The number of benzene rings is 1. The van der Waals surface area contributed by atoms with E-state index in [-0.39, 0.29) is 0 Å². The van der Waals surface area contributed by atoms with Crippen molar-refractivity contribution in [3.63, 3.8) is 0 Å². The van der Waals surface area contributed by atoms with Gasteiger partial charge in [-0.2, -0.15) is 4.39 Å². The third-order valence-corrected chi connectivity index (χ3v) is 2.86. The first-order valence-corrected chi connectivity index (χ1v) is 5.05. The molecule has 2 rings (SSSR count). The molecule has 0 aliphatic heterocycles. The topological polar surface area (TPSA) is 43.1 Å². The van der Waals surface area contributed by atoms with E-state index in [1.54, 1.807) is 23.6 Å². The lowest BCUT2D eigenvalue weighted by atomic mass is 10.1. The fourth-order valence-electron chi connectivity index (χ4n) is 1.33. The molecule has 0 atom stereocenters. The molecule has 0 fully saturated rings. The highest BCUT2D eigenvalue weighted by Gasteiger charge is 2.20. The molecule has 0 saturated heterocycles. The van der Waals surface area contributed by atoms with Gasteiger partial charge in [-0.1, -0.05) is 12.1 Å². The third-order valence-electron chi connectivity index (χ3n) is 1.96. The van der Waals surface area contributed by atoms with E-state index in [2.05, 4.69) is 0 Å². The lowest BCUT2D eigenvalue weighted by Crippen LogP contribution is -1.94. The van der Waals surface area contributed by atoms with Gasteiger partial charge in [0.05, 0.1) is 10.5 Å². The fourth-order valence-corrected chi connectivity index (χ4v) is 2.08. The van der Waals surface area contributed by atoms with Crippen molar-refractivity contribution in [1.29, 1.82) is 0 Å². The average molecular weight is 223 g/mol. The van der Waals surface area contributed by atoms with Gasteiger partial charge in [0.1, 0.15) is 0 Å². The molecule has 0 bridgehead atoms. The molecule has 0 radical (unpaired) electrons. The highest BCUT2D eigenvalue weighted by atomic mass is 32.1. The van der Waals surface area contributed by atoms with Gasteiger partial charge in [0, 0.05) is 4.88 Å². The second-order valence-corrected chi connectivity index (χ2v) is 3.82. The predicted molar refractivity (Wildman–Crippen MR) is 56.4 cm³/mol. The fraction of sp³-hybridized carbons (Fsp3) is 0. The van der Waals surface area contributed by atoms with E-state index in [0.29, 0.717) is 10.4 Å². The molecule has 0 unspecified atom stereocenters. The molecule has 0 saturated carbocycles. The van der Waals surface area contributed by atoms with Gasteiger partial charge in [-0.25, -0.2) is 0 Å². The van der Waals surface area contributed by atoms with Crippen LogP contribution in [0.5, 0.6) is 0 Å². The van der Waals surface area contributed by atoms with Crippen molar-refractivity contribution >= 4 is 17.0 Å². The summed E-state index contributed by atoms with van der Waals surface area (Å²) in [6, 6.07) is 7.61. The van der Waals surface area contributed by atoms with Crippen molar-refractivity contribution in [2.24, 2.45) is 0 Å². The zero-order chi connectivity index (χ0) is 10.8. The number of thiophene rings is 1. The maximum absolute atomic E-state index is 13.3. The first-order valence-electron chi connectivity index (χ1n) is 4.17. The molecule has 1 aromatic carbocycles. The standard InChI is InChI=1S/C10H6FNO2S/c11-8-4-1-3-7(10(8)12(13)14)9-5-2-6-15-9/h1-6H. The summed E-state index contributed by atoms with van der Waals surface area (Å²) in [5.41, 5.74) is -0.130. The molecule has 0 aliphatic rings. The van der Waals surface area contributed by atoms with Crippen molar-refractivity contribution in [3.8, 4) is 10.4 Å². The second-order valence-electron chi connectivity index (χ2n) is 2.87. The molecular weight excluding hydrogens is 217 g/mol. The summed E-state index contributed by atoms with van der Waals surface area (Å²) in [7, 11) is 0. The normalized spacial score (nSPS) is 10.2. The van der Waals surface area contributed by atoms with Crippen molar-refractivity contribution in [2.45, 2.75) is 0 Å². The maximum Gasteiger partial charge on any atom is 0.313 e.